The predicted molar refractivity (Wildman–Crippen MR) is 90.3 cm³/mol. The Balaban J connectivity index is 1.96. The fourth-order valence-electron chi connectivity index (χ4n) is 2.42. The molecule has 8 nitrogen and oxygen atoms in total. The Bertz CT molecular complexity index is 645. The second-order valence-electron chi connectivity index (χ2n) is 6.29. The number of benzene rings is 1. The summed E-state index contributed by atoms with van der Waals surface area (Å²) in [6, 6.07) is 6.41. The monoisotopic (exact) mass is 334 g/mol. The first-order valence-corrected chi connectivity index (χ1v) is 7.73. The van der Waals surface area contributed by atoms with Crippen molar-refractivity contribution in [1.29, 1.82) is 0 Å². The third-order valence-electron chi connectivity index (χ3n) is 3.69. The van der Waals surface area contributed by atoms with Crippen LogP contribution in [0.4, 0.5) is 21.0 Å². The van der Waals surface area contributed by atoms with Gasteiger partial charge in [-0.3, -0.25) is 9.69 Å². The van der Waals surface area contributed by atoms with Crippen molar-refractivity contribution in [3.8, 4) is 0 Å². The third-order valence-corrected chi connectivity index (χ3v) is 3.69. The van der Waals surface area contributed by atoms with Crippen LogP contribution in [0.5, 0.6) is 0 Å². The average Bonchev–Trinajstić information content (AvgIpc) is 2.91. The summed E-state index contributed by atoms with van der Waals surface area (Å²) in [5.41, 5.74) is 0.612. The van der Waals surface area contributed by atoms with Crippen molar-refractivity contribution >= 4 is 29.4 Å². The summed E-state index contributed by atoms with van der Waals surface area (Å²) in [6.45, 7) is 4.70. The molecule has 0 unspecified atom stereocenters. The second kappa shape index (κ2) is 7.20. The van der Waals surface area contributed by atoms with E-state index in [0.717, 1.165) is 0 Å². The fourth-order valence-corrected chi connectivity index (χ4v) is 2.42. The number of aliphatic carboxylic acids is 1. The summed E-state index contributed by atoms with van der Waals surface area (Å²) in [6.07, 6.45) is 0.302. The van der Waals surface area contributed by atoms with E-state index in [9.17, 15) is 14.4 Å². The van der Waals surface area contributed by atoms with Crippen molar-refractivity contribution in [2.24, 2.45) is 0 Å². The van der Waals surface area contributed by atoms with Crippen LogP contribution < -0.4 is 20.9 Å². The van der Waals surface area contributed by atoms with Crippen LogP contribution in [0.1, 0.15) is 26.7 Å². The van der Waals surface area contributed by atoms with Crippen LogP contribution in [-0.2, 0) is 4.79 Å². The maximum Gasteiger partial charge on any atom is 0.321 e. The zero-order chi connectivity index (χ0) is 17.7. The molecule has 1 aromatic rings. The number of rotatable bonds is 6. The topological polar surface area (TPSA) is 111 Å². The van der Waals surface area contributed by atoms with E-state index in [-0.39, 0.29) is 12.5 Å². The Labute approximate surface area is 140 Å². The molecule has 24 heavy (non-hydrogen) atoms. The van der Waals surface area contributed by atoms with Gasteiger partial charge in [0.25, 0.3) is 0 Å². The number of nitrogens with one attached hydrogen (secondary N) is 3. The van der Waals surface area contributed by atoms with Crippen molar-refractivity contribution in [1.82, 2.24) is 10.6 Å². The van der Waals surface area contributed by atoms with Gasteiger partial charge in [-0.2, -0.15) is 0 Å². The van der Waals surface area contributed by atoms with Crippen molar-refractivity contribution in [3.63, 3.8) is 0 Å². The Hall–Kier alpha value is -2.77. The van der Waals surface area contributed by atoms with Gasteiger partial charge in [0.1, 0.15) is 0 Å². The van der Waals surface area contributed by atoms with E-state index >= 15 is 0 Å². The molecule has 0 bridgehead atoms. The normalized spacial score (nSPS) is 14.2. The zero-order valence-corrected chi connectivity index (χ0v) is 13.8. The maximum absolute atomic E-state index is 12.1. The van der Waals surface area contributed by atoms with Crippen molar-refractivity contribution in [2.75, 3.05) is 23.3 Å². The maximum atomic E-state index is 12.1. The van der Waals surface area contributed by atoms with Gasteiger partial charge in [0, 0.05) is 36.4 Å². The lowest BCUT2D eigenvalue weighted by molar-refractivity contribution is -0.137. The summed E-state index contributed by atoms with van der Waals surface area (Å²) in [5.74, 6) is -0.901. The molecule has 1 heterocycles. The van der Waals surface area contributed by atoms with Gasteiger partial charge in [0.05, 0.1) is 0 Å². The van der Waals surface area contributed by atoms with Crippen molar-refractivity contribution in [2.45, 2.75) is 32.2 Å². The minimum absolute atomic E-state index is 0.0210. The van der Waals surface area contributed by atoms with Crippen LogP contribution in [0, 0.1) is 0 Å². The number of nitrogens with zero attached hydrogens (tertiary/aromatic N) is 1. The molecule has 1 saturated heterocycles. The van der Waals surface area contributed by atoms with Gasteiger partial charge in [-0.1, -0.05) is 6.07 Å². The number of carbonyl (C=O) groups is 3. The fraction of sp³-hybridized carbons (Fsp3) is 0.438. The van der Waals surface area contributed by atoms with Crippen LogP contribution >= 0.6 is 0 Å². The Morgan fingerprint density at radius 2 is 2.12 bits per heavy atom. The Kier molecular flexibility index (Phi) is 5.28. The van der Waals surface area contributed by atoms with Gasteiger partial charge in [0.2, 0.25) is 0 Å². The van der Waals surface area contributed by atoms with Gasteiger partial charge < -0.3 is 21.1 Å². The largest absolute Gasteiger partial charge is 0.481 e. The molecule has 130 valence electrons. The highest BCUT2D eigenvalue weighted by atomic mass is 16.4. The lowest BCUT2D eigenvalue weighted by atomic mass is 9.99. The number of amides is 4. The van der Waals surface area contributed by atoms with Gasteiger partial charge in [-0.25, -0.2) is 9.59 Å². The average molecular weight is 334 g/mol. The molecule has 0 aliphatic carbocycles. The first kappa shape index (κ1) is 17.6. The highest BCUT2D eigenvalue weighted by molar-refractivity contribution is 5.95. The van der Waals surface area contributed by atoms with Gasteiger partial charge >= 0.3 is 18.0 Å². The molecule has 2 rings (SSSR count). The molecular weight excluding hydrogens is 312 g/mol. The lowest BCUT2D eigenvalue weighted by Crippen LogP contribution is -2.45. The summed E-state index contributed by atoms with van der Waals surface area (Å²) in [4.78, 5) is 36.0. The first-order chi connectivity index (χ1) is 11.3. The second-order valence-corrected chi connectivity index (χ2v) is 6.29. The molecule has 8 heteroatoms. The molecule has 1 aliphatic heterocycles. The van der Waals surface area contributed by atoms with E-state index in [4.69, 9.17) is 5.11 Å². The standard InChI is InChI=1S/C16H22N4O4/c1-16(2,7-6-13(21)22)19-14(23)18-11-4-3-5-12(10-11)20-9-8-17-15(20)24/h3-5,10H,6-9H2,1-2H3,(H,17,24)(H,21,22)(H2,18,19,23). The summed E-state index contributed by atoms with van der Waals surface area (Å²) < 4.78 is 0. The van der Waals surface area contributed by atoms with Crippen LogP contribution in [0.25, 0.3) is 0 Å². The first-order valence-electron chi connectivity index (χ1n) is 7.73. The van der Waals surface area contributed by atoms with Crippen LogP contribution in [0.15, 0.2) is 24.3 Å². The smallest absolute Gasteiger partial charge is 0.321 e. The molecule has 0 saturated carbocycles. The molecule has 0 aromatic heterocycles. The van der Waals surface area contributed by atoms with Crippen LogP contribution in [-0.4, -0.2) is 41.8 Å². The Morgan fingerprint density at radius 1 is 1.38 bits per heavy atom. The molecule has 1 aliphatic rings. The number of carboxylic acid groups (broad SMARTS) is 1. The van der Waals surface area contributed by atoms with E-state index in [1.807, 2.05) is 0 Å². The van der Waals surface area contributed by atoms with E-state index < -0.39 is 17.5 Å². The van der Waals surface area contributed by atoms with Gasteiger partial charge in [-0.15, -0.1) is 0 Å². The highest BCUT2D eigenvalue weighted by Crippen LogP contribution is 2.21. The number of carboxylic acids is 1. The van der Waals surface area contributed by atoms with Gasteiger partial charge in [0.15, 0.2) is 0 Å². The molecule has 0 radical (unpaired) electrons. The minimum Gasteiger partial charge on any atom is -0.481 e. The number of hydrogen-bond donors (Lipinski definition) is 4. The molecule has 1 fully saturated rings. The number of hydrogen-bond acceptors (Lipinski definition) is 3. The van der Waals surface area contributed by atoms with E-state index in [2.05, 4.69) is 16.0 Å². The summed E-state index contributed by atoms with van der Waals surface area (Å²) in [7, 11) is 0. The SMILES string of the molecule is CC(C)(CCC(=O)O)NC(=O)Nc1cccc(N2CCNC2=O)c1. The molecular formula is C16H22N4O4. The zero-order valence-electron chi connectivity index (χ0n) is 13.8. The van der Waals surface area contributed by atoms with Crippen molar-refractivity contribution in [3.05, 3.63) is 24.3 Å². The highest BCUT2D eigenvalue weighted by Gasteiger charge is 2.23. The molecule has 4 N–H and O–H groups in total. The minimum atomic E-state index is -0.901. The molecule has 0 atom stereocenters. The number of carbonyl (C=O) groups excluding carboxylic acids is 2. The number of urea groups is 2. The van der Waals surface area contributed by atoms with Crippen LogP contribution in [0.2, 0.25) is 0 Å². The van der Waals surface area contributed by atoms with E-state index in [1.165, 1.54) is 0 Å². The van der Waals surface area contributed by atoms with Crippen LogP contribution in [0.3, 0.4) is 0 Å². The lowest BCUT2D eigenvalue weighted by Gasteiger charge is -2.26. The number of anilines is 2. The predicted octanol–water partition coefficient (Wildman–Crippen LogP) is 1.98. The molecule has 0 spiro atoms. The summed E-state index contributed by atoms with van der Waals surface area (Å²) >= 11 is 0. The Morgan fingerprint density at radius 3 is 2.75 bits per heavy atom. The molecule has 1 aromatic carbocycles. The molecule has 4 amide bonds. The quantitative estimate of drug-likeness (QED) is 0.637. The van der Waals surface area contributed by atoms with E-state index in [0.29, 0.717) is 30.9 Å². The van der Waals surface area contributed by atoms with Crippen molar-refractivity contribution < 1.29 is 19.5 Å². The summed E-state index contributed by atoms with van der Waals surface area (Å²) in [5, 5.41) is 16.9. The van der Waals surface area contributed by atoms with E-state index in [1.54, 1.807) is 43.0 Å². The van der Waals surface area contributed by atoms with Gasteiger partial charge in [-0.05, 0) is 38.5 Å². The third kappa shape index (κ3) is 4.87.